The van der Waals surface area contributed by atoms with Gasteiger partial charge in [-0.25, -0.2) is 0 Å². The van der Waals surface area contributed by atoms with Crippen LogP contribution in [0.4, 0.5) is 5.69 Å². The van der Waals surface area contributed by atoms with E-state index in [1.165, 1.54) is 14.0 Å². The third-order valence-electron chi connectivity index (χ3n) is 3.83. The number of ether oxygens (including phenoxy) is 1. The molecule has 0 aliphatic heterocycles. The largest absolute Gasteiger partial charge is 0.496 e. The van der Waals surface area contributed by atoms with Gasteiger partial charge in [0.25, 0.3) is 5.91 Å². The van der Waals surface area contributed by atoms with Crippen LogP contribution in [-0.2, 0) is 11.3 Å². The van der Waals surface area contributed by atoms with Gasteiger partial charge >= 0.3 is 0 Å². The fourth-order valence-corrected chi connectivity index (χ4v) is 2.58. The van der Waals surface area contributed by atoms with Gasteiger partial charge in [0.15, 0.2) is 0 Å². The number of hydrogen-bond acceptors (Lipinski definition) is 3. The summed E-state index contributed by atoms with van der Waals surface area (Å²) in [6, 6.07) is 14.9. The molecule has 0 aromatic heterocycles. The Labute approximate surface area is 148 Å². The average molecular weight is 340 g/mol. The van der Waals surface area contributed by atoms with Gasteiger partial charge in [0.05, 0.1) is 12.7 Å². The lowest BCUT2D eigenvalue weighted by molar-refractivity contribution is -0.114. The van der Waals surface area contributed by atoms with E-state index >= 15 is 0 Å². The highest BCUT2D eigenvalue weighted by molar-refractivity contribution is 5.99. The predicted octanol–water partition coefficient (Wildman–Crippen LogP) is 3.70. The van der Waals surface area contributed by atoms with Crippen molar-refractivity contribution in [3.63, 3.8) is 0 Å². The summed E-state index contributed by atoms with van der Waals surface area (Å²) in [6.07, 6.45) is 0. The molecule has 0 spiro atoms. The first-order valence-corrected chi connectivity index (χ1v) is 8.23. The molecule has 1 N–H and O–H groups in total. The van der Waals surface area contributed by atoms with Crippen LogP contribution in [0.5, 0.6) is 5.75 Å². The monoisotopic (exact) mass is 340 g/mol. The number of carbonyl (C=O) groups is 2. The molecule has 0 radical (unpaired) electrons. The summed E-state index contributed by atoms with van der Waals surface area (Å²) >= 11 is 0. The van der Waals surface area contributed by atoms with Crippen molar-refractivity contribution in [2.45, 2.75) is 33.4 Å². The molecule has 25 heavy (non-hydrogen) atoms. The highest BCUT2D eigenvalue weighted by Gasteiger charge is 2.23. The van der Waals surface area contributed by atoms with Gasteiger partial charge < -0.3 is 15.0 Å². The van der Waals surface area contributed by atoms with E-state index in [4.69, 9.17) is 4.74 Å². The molecule has 0 atom stereocenters. The zero-order valence-corrected chi connectivity index (χ0v) is 15.1. The second-order valence-corrected chi connectivity index (χ2v) is 6.11. The van der Waals surface area contributed by atoms with Gasteiger partial charge in [-0.2, -0.15) is 0 Å². The van der Waals surface area contributed by atoms with E-state index < -0.39 is 0 Å². The van der Waals surface area contributed by atoms with Crippen molar-refractivity contribution in [3.05, 3.63) is 59.7 Å². The van der Waals surface area contributed by atoms with E-state index in [1.54, 1.807) is 23.1 Å². The number of rotatable bonds is 6. The van der Waals surface area contributed by atoms with Gasteiger partial charge in [0.2, 0.25) is 5.91 Å². The molecule has 0 aliphatic rings. The summed E-state index contributed by atoms with van der Waals surface area (Å²) in [5, 5.41) is 2.70. The Balaban J connectivity index is 2.35. The van der Waals surface area contributed by atoms with E-state index in [-0.39, 0.29) is 17.9 Å². The molecule has 0 bridgehead atoms. The van der Waals surface area contributed by atoms with Crippen molar-refractivity contribution in [1.29, 1.82) is 0 Å². The Hall–Kier alpha value is -2.82. The van der Waals surface area contributed by atoms with Crippen LogP contribution in [0.15, 0.2) is 48.5 Å². The number of methoxy groups -OCH3 is 1. The molecule has 2 amide bonds. The molecule has 2 rings (SSSR count). The number of benzene rings is 2. The van der Waals surface area contributed by atoms with Crippen molar-refractivity contribution < 1.29 is 14.3 Å². The highest BCUT2D eigenvalue weighted by atomic mass is 16.5. The van der Waals surface area contributed by atoms with Crippen molar-refractivity contribution in [3.8, 4) is 5.75 Å². The van der Waals surface area contributed by atoms with Gasteiger partial charge in [-0.05, 0) is 37.6 Å². The lowest BCUT2D eigenvalue weighted by Gasteiger charge is -2.28. The summed E-state index contributed by atoms with van der Waals surface area (Å²) in [4.78, 5) is 26.2. The topological polar surface area (TPSA) is 58.6 Å². The summed E-state index contributed by atoms with van der Waals surface area (Å²) in [5.41, 5.74) is 2.06. The Kier molecular flexibility index (Phi) is 6.17. The maximum Gasteiger partial charge on any atom is 0.258 e. The zero-order valence-electron chi connectivity index (χ0n) is 15.1. The number of anilines is 1. The lowest BCUT2D eigenvalue weighted by Crippen LogP contribution is -2.36. The van der Waals surface area contributed by atoms with Gasteiger partial charge in [0, 0.05) is 25.2 Å². The number of carbonyl (C=O) groups excluding carboxylic acids is 2. The van der Waals surface area contributed by atoms with Crippen LogP contribution in [0.1, 0.15) is 36.7 Å². The minimum absolute atomic E-state index is 0.0156. The fourth-order valence-electron chi connectivity index (χ4n) is 2.58. The van der Waals surface area contributed by atoms with E-state index in [0.29, 0.717) is 23.5 Å². The SMILES string of the molecule is COc1ccc(NC(C)=O)cc1C(=O)N(Cc1ccccc1)C(C)C. The molecule has 132 valence electrons. The van der Waals surface area contributed by atoms with Gasteiger partial charge in [-0.1, -0.05) is 30.3 Å². The molecular weight excluding hydrogens is 316 g/mol. The van der Waals surface area contributed by atoms with Crippen LogP contribution >= 0.6 is 0 Å². The molecule has 2 aromatic rings. The molecule has 5 nitrogen and oxygen atoms in total. The van der Waals surface area contributed by atoms with E-state index in [0.717, 1.165) is 5.56 Å². The Morgan fingerprint density at radius 1 is 1.12 bits per heavy atom. The molecule has 5 heteroatoms. The van der Waals surface area contributed by atoms with Gasteiger partial charge in [0.1, 0.15) is 5.75 Å². The smallest absolute Gasteiger partial charge is 0.258 e. The first-order valence-electron chi connectivity index (χ1n) is 8.23. The Bertz CT molecular complexity index is 742. The van der Waals surface area contributed by atoms with Crippen LogP contribution in [0.2, 0.25) is 0 Å². The summed E-state index contributed by atoms with van der Waals surface area (Å²) in [6.45, 7) is 5.89. The van der Waals surface area contributed by atoms with E-state index in [9.17, 15) is 9.59 Å². The normalized spacial score (nSPS) is 10.4. The lowest BCUT2D eigenvalue weighted by atomic mass is 10.1. The first kappa shape index (κ1) is 18.5. The van der Waals surface area contributed by atoms with Crippen molar-refractivity contribution in [2.24, 2.45) is 0 Å². The van der Waals surface area contributed by atoms with Crippen LogP contribution < -0.4 is 10.1 Å². The fraction of sp³-hybridized carbons (Fsp3) is 0.300. The maximum absolute atomic E-state index is 13.1. The minimum atomic E-state index is -0.187. The van der Waals surface area contributed by atoms with E-state index in [1.807, 2.05) is 44.2 Å². The number of nitrogens with zero attached hydrogens (tertiary/aromatic N) is 1. The van der Waals surface area contributed by atoms with Crippen LogP contribution in [0.25, 0.3) is 0 Å². The molecule has 0 fully saturated rings. The summed E-state index contributed by atoms with van der Waals surface area (Å²) in [7, 11) is 1.53. The summed E-state index contributed by atoms with van der Waals surface area (Å²) < 4.78 is 5.35. The van der Waals surface area contributed by atoms with Crippen molar-refractivity contribution in [2.75, 3.05) is 12.4 Å². The number of amides is 2. The molecular formula is C20H24N2O3. The second-order valence-electron chi connectivity index (χ2n) is 6.11. The maximum atomic E-state index is 13.1. The quantitative estimate of drug-likeness (QED) is 0.872. The second kappa shape index (κ2) is 8.33. The van der Waals surface area contributed by atoms with E-state index in [2.05, 4.69) is 5.32 Å². The van der Waals surface area contributed by atoms with Gasteiger partial charge in [-0.3, -0.25) is 9.59 Å². The number of hydrogen-bond donors (Lipinski definition) is 1. The molecule has 0 unspecified atom stereocenters. The third-order valence-corrected chi connectivity index (χ3v) is 3.83. The van der Waals surface area contributed by atoms with Crippen LogP contribution in [0, 0.1) is 0 Å². The molecule has 0 saturated heterocycles. The Morgan fingerprint density at radius 2 is 1.80 bits per heavy atom. The number of nitrogens with one attached hydrogen (secondary N) is 1. The van der Waals surface area contributed by atoms with Crippen LogP contribution in [-0.4, -0.2) is 29.9 Å². The highest BCUT2D eigenvalue weighted by Crippen LogP contribution is 2.25. The average Bonchev–Trinajstić information content (AvgIpc) is 2.59. The minimum Gasteiger partial charge on any atom is -0.496 e. The van der Waals surface area contributed by atoms with Crippen LogP contribution in [0.3, 0.4) is 0 Å². The Morgan fingerprint density at radius 3 is 2.36 bits per heavy atom. The molecule has 0 heterocycles. The third kappa shape index (κ3) is 4.83. The van der Waals surface area contributed by atoms with Crippen molar-refractivity contribution in [1.82, 2.24) is 4.90 Å². The van der Waals surface area contributed by atoms with Crippen molar-refractivity contribution >= 4 is 17.5 Å². The standard InChI is InChI=1S/C20H24N2O3/c1-14(2)22(13-16-8-6-5-7-9-16)20(24)18-12-17(21-15(3)23)10-11-19(18)25-4/h5-12,14H,13H2,1-4H3,(H,21,23). The van der Waals surface area contributed by atoms with Gasteiger partial charge in [-0.15, -0.1) is 0 Å². The molecule has 0 saturated carbocycles. The molecule has 0 aliphatic carbocycles. The summed E-state index contributed by atoms with van der Waals surface area (Å²) in [5.74, 6) is 0.161. The predicted molar refractivity (Wildman–Crippen MR) is 98.7 cm³/mol. The molecule has 2 aromatic carbocycles. The zero-order chi connectivity index (χ0) is 18.4. The first-order chi connectivity index (χ1) is 11.9.